The lowest BCUT2D eigenvalue weighted by molar-refractivity contribution is 0.121. The molecule has 3 N–H and O–H groups in total. The van der Waals surface area contributed by atoms with Crippen LogP contribution in [0.3, 0.4) is 0 Å². The molecule has 0 spiro atoms. The van der Waals surface area contributed by atoms with Gasteiger partial charge >= 0.3 is 0 Å². The van der Waals surface area contributed by atoms with E-state index in [1.807, 2.05) is 19.1 Å². The zero-order valence-electron chi connectivity index (χ0n) is 15.0. The molecule has 1 aromatic rings. The van der Waals surface area contributed by atoms with Crippen molar-refractivity contribution in [2.24, 2.45) is 17.1 Å². The van der Waals surface area contributed by atoms with Crippen molar-refractivity contribution in [1.82, 2.24) is 0 Å². The van der Waals surface area contributed by atoms with Gasteiger partial charge in [0.05, 0.1) is 6.10 Å². The fraction of sp³-hybridized carbons (Fsp3) is 0.524. The zero-order valence-corrected chi connectivity index (χ0v) is 15.0. The maximum absolute atomic E-state index is 10.3. The number of allylic oxidation sites excluding steroid dienone is 3. The molecule has 0 aliphatic heterocycles. The molecule has 126 valence electrons. The minimum absolute atomic E-state index is 0.0662. The molecule has 0 heterocycles. The summed E-state index contributed by atoms with van der Waals surface area (Å²) < 4.78 is 0. The van der Waals surface area contributed by atoms with Crippen LogP contribution in [0.5, 0.6) is 0 Å². The standard InChI is InChI=1S/C21H31NO/c1-15-7-6-12-21(3,4)19(15)11-10-17-8-5-9-18(13-17)20(23)16(2)14-22/h5,8-11,13,16,20,23H,6-7,12,14,22H2,1-4H3. The van der Waals surface area contributed by atoms with E-state index in [0.717, 1.165) is 11.1 Å². The Kier molecular flexibility index (Phi) is 5.83. The Morgan fingerprint density at radius 1 is 1.30 bits per heavy atom. The van der Waals surface area contributed by atoms with Gasteiger partial charge in [-0.05, 0) is 66.8 Å². The molecular formula is C21H31NO. The lowest BCUT2D eigenvalue weighted by Crippen LogP contribution is -2.19. The van der Waals surface area contributed by atoms with Crippen LogP contribution in [0, 0.1) is 11.3 Å². The molecule has 1 aromatic carbocycles. The normalized spacial score (nSPS) is 20.8. The molecule has 2 heteroatoms. The summed E-state index contributed by atoms with van der Waals surface area (Å²) in [7, 11) is 0. The van der Waals surface area contributed by atoms with E-state index >= 15 is 0 Å². The average Bonchev–Trinajstić information content (AvgIpc) is 2.52. The van der Waals surface area contributed by atoms with Crippen LogP contribution in [0.2, 0.25) is 0 Å². The van der Waals surface area contributed by atoms with Crippen LogP contribution < -0.4 is 5.73 Å². The monoisotopic (exact) mass is 313 g/mol. The summed E-state index contributed by atoms with van der Waals surface area (Å²) in [4.78, 5) is 0. The van der Waals surface area contributed by atoms with Crippen LogP contribution >= 0.6 is 0 Å². The molecule has 1 aliphatic carbocycles. The maximum atomic E-state index is 10.3. The first-order valence-corrected chi connectivity index (χ1v) is 8.71. The second-order valence-electron chi connectivity index (χ2n) is 7.59. The smallest absolute Gasteiger partial charge is 0.0827 e. The number of rotatable bonds is 5. The van der Waals surface area contributed by atoms with Crippen LogP contribution in [0.25, 0.3) is 6.08 Å². The summed E-state index contributed by atoms with van der Waals surface area (Å²) >= 11 is 0. The van der Waals surface area contributed by atoms with Gasteiger partial charge in [0.25, 0.3) is 0 Å². The van der Waals surface area contributed by atoms with E-state index < -0.39 is 6.10 Å². The molecule has 2 rings (SSSR count). The van der Waals surface area contributed by atoms with Crippen LogP contribution in [-0.2, 0) is 0 Å². The van der Waals surface area contributed by atoms with Crippen molar-refractivity contribution < 1.29 is 5.11 Å². The predicted molar refractivity (Wildman–Crippen MR) is 99.0 cm³/mol. The van der Waals surface area contributed by atoms with Crippen molar-refractivity contribution in [3.63, 3.8) is 0 Å². The van der Waals surface area contributed by atoms with Gasteiger partial charge in [0.1, 0.15) is 0 Å². The topological polar surface area (TPSA) is 46.2 Å². The van der Waals surface area contributed by atoms with Crippen LogP contribution in [-0.4, -0.2) is 11.7 Å². The van der Waals surface area contributed by atoms with Gasteiger partial charge < -0.3 is 10.8 Å². The molecule has 2 nitrogen and oxygen atoms in total. The quantitative estimate of drug-likeness (QED) is 0.816. The lowest BCUT2D eigenvalue weighted by Gasteiger charge is -2.32. The molecule has 0 fully saturated rings. The predicted octanol–water partition coefficient (Wildman–Crippen LogP) is 4.85. The van der Waals surface area contributed by atoms with Crippen LogP contribution in [0.1, 0.15) is 64.2 Å². The van der Waals surface area contributed by atoms with E-state index in [2.05, 4.69) is 45.1 Å². The largest absolute Gasteiger partial charge is 0.388 e. The number of nitrogens with two attached hydrogens (primary N) is 1. The summed E-state index contributed by atoms with van der Waals surface area (Å²) in [6.45, 7) is 9.38. The third-order valence-corrected chi connectivity index (χ3v) is 5.15. The van der Waals surface area contributed by atoms with E-state index in [4.69, 9.17) is 5.73 Å². The van der Waals surface area contributed by atoms with Gasteiger partial charge in [-0.15, -0.1) is 0 Å². The molecule has 1 aliphatic rings. The van der Waals surface area contributed by atoms with Crippen molar-refractivity contribution in [1.29, 1.82) is 0 Å². The highest BCUT2D eigenvalue weighted by Crippen LogP contribution is 2.41. The summed E-state index contributed by atoms with van der Waals surface area (Å²) in [5.74, 6) is 0.0662. The zero-order chi connectivity index (χ0) is 17.0. The molecular weight excluding hydrogens is 282 g/mol. The Bertz CT molecular complexity index is 598. The summed E-state index contributed by atoms with van der Waals surface area (Å²) in [6, 6.07) is 8.14. The highest BCUT2D eigenvalue weighted by atomic mass is 16.3. The van der Waals surface area contributed by atoms with Gasteiger partial charge in [-0.1, -0.05) is 56.7 Å². The Hall–Kier alpha value is -1.38. The first kappa shape index (κ1) is 18.0. The number of benzene rings is 1. The van der Waals surface area contributed by atoms with E-state index in [9.17, 15) is 5.11 Å². The van der Waals surface area contributed by atoms with Gasteiger partial charge in [0, 0.05) is 0 Å². The van der Waals surface area contributed by atoms with Crippen molar-refractivity contribution in [3.05, 3.63) is 52.6 Å². The first-order chi connectivity index (χ1) is 10.8. The van der Waals surface area contributed by atoms with Gasteiger partial charge in [-0.25, -0.2) is 0 Å². The van der Waals surface area contributed by atoms with E-state index in [1.54, 1.807) is 0 Å². The number of hydrogen-bond donors (Lipinski definition) is 2. The fourth-order valence-electron chi connectivity index (χ4n) is 3.49. The third-order valence-electron chi connectivity index (χ3n) is 5.15. The Morgan fingerprint density at radius 3 is 2.70 bits per heavy atom. The van der Waals surface area contributed by atoms with Gasteiger partial charge in [0.15, 0.2) is 0 Å². The molecule has 2 atom stereocenters. The number of aliphatic hydroxyl groups excluding tert-OH is 1. The van der Waals surface area contributed by atoms with Crippen LogP contribution in [0.15, 0.2) is 41.5 Å². The lowest BCUT2D eigenvalue weighted by atomic mass is 9.72. The second kappa shape index (κ2) is 7.46. The molecule has 0 saturated carbocycles. The molecule has 0 aromatic heterocycles. The van der Waals surface area contributed by atoms with Crippen molar-refractivity contribution in [3.8, 4) is 0 Å². The Labute approximate surface area is 141 Å². The van der Waals surface area contributed by atoms with Crippen molar-refractivity contribution >= 4 is 6.08 Å². The van der Waals surface area contributed by atoms with E-state index in [-0.39, 0.29) is 11.3 Å². The average molecular weight is 313 g/mol. The molecule has 0 bridgehead atoms. The van der Waals surface area contributed by atoms with Gasteiger partial charge in [-0.3, -0.25) is 0 Å². The highest BCUT2D eigenvalue weighted by molar-refractivity contribution is 5.55. The summed E-state index contributed by atoms with van der Waals surface area (Å²) in [5.41, 5.74) is 11.0. The van der Waals surface area contributed by atoms with Crippen LogP contribution in [0.4, 0.5) is 0 Å². The van der Waals surface area contributed by atoms with E-state index in [1.165, 1.54) is 30.4 Å². The third kappa shape index (κ3) is 4.33. The summed E-state index contributed by atoms with van der Waals surface area (Å²) in [6.07, 6.45) is 7.68. The Balaban J connectivity index is 2.23. The molecule has 2 unspecified atom stereocenters. The minimum atomic E-state index is -0.500. The first-order valence-electron chi connectivity index (χ1n) is 8.71. The number of hydrogen-bond acceptors (Lipinski definition) is 2. The second-order valence-corrected chi connectivity index (χ2v) is 7.59. The van der Waals surface area contributed by atoms with Gasteiger partial charge in [0.2, 0.25) is 0 Å². The SMILES string of the molecule is CC1=C(C=Cc2cccc(C(O)C(C)CN)c2)C(C)(C)CCC1. The minimum Gasteiger partial charge on any atom is -0.388 e. The maximum Gasteiger partial charge on any atom is 0.0827 e. The summed E-state index contributed by atoms with van der Waals surface area (Å²) in [5, 5.41) is 10.3. The van der Waals surface area contributed by atoms with Crippen molar-refractivity contribution in [2.75, 3.05) is 6.54 Å². The Morgan fingerprint density at radius 2 is 2.04 bits per heavy atom. The molecule has 0 radical (unpaired) electrons. The molecule has 0 saturated heterocycles. The van der Waals surface area contributed by atoms with Crippen molar-refractivity contribution in [2.45, 2.75) is 53.1 Å². The number of aliphatic hydroxyl groups is 1. The highest BCUT2D eigenvalue weighted by Gasteiger charge is 2.26. The van der Waals surface area contributed by atoms with E-state index in [0.29, 0.717) is 6.54 Å². The molecule has 0 amide bonds. The van der Waals surface area contributed by atoms with Gasteiger partial charge in [-0.2, -0.15) is 0 Å². The molecule has 23 heavy (non-hydrogen) atoms. The fourth-order valence-corrected chi connectivity index (χ4v) is 3.49.